The number of carbonyl (C=O) groups excluding carboxylic acids is 1. The molecule has 7 nitrogen and oxygen atoms in total. The van der Waals surface area contributed by atoms with Gasteiger partial charge in [0.2, 0.25) is 5.91 Å². The fourth-order valence-electron chi connectivity index (χ4n) is 2.53. The van der Waals surface area contributed by atoms with Gasteiger partial charge in [-0.3, -0.25) is 4.79 Å². The van der Waals surface area contributed by atoms with Gasteiger partial charge in [-0.25, -0.2) is 0 Å². The van der Waals surface area contributed by atoms with Gasteiger partial charge in [0.1, 0.15) is 6.54 Å². The minimum Gasteiger partial charge on any atom is -0.358 e. The molecule has 1 N–H and O–H groups in total. The Hall–Kier alpha value is -2.41. The van der Waals surface area contributed by atoms with Crippen molar-refractivity contribution >= 4 is 23.3 Å². The summed E-state index contributed by atoms with van der Waals surface area (Å²) in [5.41, 5.74) is 1.15. The molecule has 0 saturated heterocycles. The number of carbonyl (C=O) groups is 1. The molecule has 120 valence electrons. The van der Waals surface area contributed by atoms with Crippen molar-refractivity contribution in [3.8, 4) is 0 Å². The fraction of sp³-hybridized carbons (Fsp3) is 0.333. The van der Waals surface area contributed by atoms with Crippen LogP contribution < -0.4 is 5.32 Å². The Morgan fingerprint density at radius 1 is 1.35 bits per heavy atom. The molecule has 1 heterocycles. The van der Waals surface area contributed by atoms with E-state index in [0.717, 1.165) is 18.4 Å². The maximum atomic E-state index is 12.0. The molecule has 8 heteroatoms. The Balaban J connectivity index is 1.56. The van der Waals surface area contributed by atoms with E-state index in [9.17, 15) is 14.9 Å². The molecule has 3 rings (SSSR count). The molecule has 0 radical (unpaired) electrons. The molecule has 0 bridgehead atoms. The minimum atomic E-state index is -0.589. The van der Waals surface area contributed by atoms with E-state index in [-0.39, 0.29) is 23.7 Å². The van der Waals surface area contributed by atoms with E-state index in [1.807, 2.05) is 24.3 Å². The zero-order valence-electron chi connectivity index (χ0n) is 12.2. The fourth-order valence-corrected chi connectivity index (χ4v) is 2.66. The van der Waals surface area contributed by atoms with Crippen LogP contribution in [0.1, 0.15) is 18.4 Å². The van der Waals surface area contributed by atoms with Gasteiger partial charge in [0.15, 0.2) is 0 Å². The van der Waals surface area contributed by atoms with Crippen molar-refractivity contribution in [3.05, 3.63) is 57.2 Å². The van der Waals surface area contributed by atoms with E-state index < -0.39 is 4.92 Å². The SMILES string of the molecule is O=C(Cn1ccc([N+](=O)[O-])n1)NCC1(c2ccc(Cl)cc2)CC1. The second-order valence-corrected chi connectivity index (χ2v) is 6.13. The standard InChI is InChI=1S/C15H15ClN4O3/c16-12-3-1-11(2-4-12)15(6-7-15)10-17-14(21)9-19-8-5-13(18-19)20(22)23/h1-5,8H,6-7,9-10H2,(H,17,21). The Labute approximate surface area is 137 Å². The highest BCUT2D eigenvalue weighted by Gasteiger charge is 2.44. The van der Waals surface area contributed by atoms with Gasteiger partial charge in [-0.2, -0.15) is 4.68 Å². The van der Waals surface area contributed by atoms with Crippen LogP contribution in [-0.2, 0) is 16.8 Å². The van der Waals surface area contributed by atoms with E-state index in [2.05, 4.69) is 10.4 Å². The lowest BCUT2D eigenvalue weighted by molar-refractivity contribution is -0.389. The largest absolute Gasteiger partial charge is 0.389 e. The van der Waals surface area contributed by atoms with Gasteiger partial charge >= 0.3 is 5.82 Å². The summed E-state index contributed by atoms with van der Waals surface area (Å²) in [6.45, 7) is 0.501. The van der Waals surface area contributed by atoms with Gasteiger partial charge in [0, 0.05) is 17.0 Å². The highest BCUT2D eigenvalue weighted by atomic mass is 35.5. The predicted octanol–water partition coefficient (Wildman–Crippen LogP) is 2.29. The molecular weight excluding hydrogens is 320 g/mol. The first-order valence-corrected chi connectivity index (χ1v) is 7.57. The number of nitrogens with one attached hydrogen (secondary N) is 1. The van der Waals surface area contributed by atoms with Crippen LogP contribution in [0.25, 0.3) is 0 Å². The molecule has 23 heavy (non-hydrogen) atoms. The van der Waals surface area contributed by atoms with Crippen LogP contribution in [0.5, 0.6) is 0 Å². The third-order valence-corrected chi connectivity index (χ3v) is 4.31. The molecule has 1 saturated carbocycles. The van der Waals surface area contributed by atoms with E-state index in [0.29, 0.717) is 11.6 Å². The quantitative estimate of drug-likeness (QED) is 0.648. The van der Waals surface area contributed by atoms with Crippen LogP contribution in [-0.4, -0.2) is 27.2 Å². The molecule has 1 aromatic carbocycles. The number of hydrogen-bond acceptors (Lipinski definition) is 4. The molecule has 0 spiro atoms. The number of hydrogen-bond donors (Lipinski definition) is 1. The van der Waals surface area contributed by atoms with E-state index in [1.165, 1.54) is 16.9 Å². The van der Waals surface area contributed by atoms with Gasteiger partial charge in [0.25, 0.3) is 0 Å². The summed E-state index contributed by atoms with van der Waals surface area (Å²) in [4.78, 5) is 22.0. The lowest BCUT2D eigenvalue weighted by Crippen LogP contribution is -2.34. The lowest BCUT2D eigenvalue weighted by atomic mass is 9.96. The van der Waals surface area contributed by atoms with Crippen LogP contribution >= 0.6 is 11.6 Å². The third-order valence-electron chi connectivity index (χ3n) is 4.05. The molecule has 1 aromatic heterocycles. The van der Waals surface area contributed by atoms with Crippen LogP contribution in [0.3, 0.4) is 0 Å². The van der Waals surface area contributed by atoms with Crippen molar-refractivity contribution in [2.24, 2.45) is 0 Å². The van der Waals surface area contributed by atoms with Crippen molar-refractivity contribution in [1.29, 1.82) is 0 Å². The smallest absolute Gasteiger partial charge is 0.358 e. The summed E-state index contributed by atoms with van der Waals surface area (Å²) in [5, 5.41) is 17.9. The number of rotatable bonds is 6. The molecule has 0 unspecified atom stereocenters. The molecule has 1 amide bonds. The zero-order valence-corrected chi connectivity index (χ0v) is 13.0. The summed E-state index contributed by atoms with van der Waals surface area (Å²) in [5.74, 6) is -0.485. The number of benzene rings is 1. The second kappa shape index (κ2) is 6.00. The van der Waals surface area contributed by atoms with Crippen LogP contribution in [0.2, 0.25) is 5.02 Å². The van der Waals surface area contributed by atoms with Crippen molar-refractivity contribution in [1.82, 2.24) is 15.1 Å². The summed E-state index contributed by atoms with van der Waals surface area (Å²) < 4.78 is 1.26. The summed E-state index contributed by atoms with van der Waals surface area (Å²) in [7, 11) is 0. The van der Waals surface area contributed by atoms with Crippen LogP contribution in [0.15, 0.2) is 36.5 Å². The topological polar surface area (TPSA) is 90.1 Å². The van der Waals surface area contributed by atoms with E-state index >= 15 is 0 Å². The van der Waals surface area contributed by atoms with Crippen LogP contribution in [0.4, 0.5) is 5.82 Å². The maximum absolute atomic E-state index is 12.0. The second-order valence-electron chi connectivity index (χ2n) is 5.69. The lowest BCUT2D eigenvalue weighted by Gasteiger charge is -2.16. The van der Waals surface area contributed by atoms with E-state index in [4.69, 9.17) is 11.6 Å². The number of nitro groups is 1. The van der Waals surface area contributed by atoms with E-state index in [1.54, 1.807) is 0 Å². The van der Waals surface area contributed by atoms with Gasteiger partial charge in [-0.15, -0.1) is 0 Å². The average molecular weight is 335 g/mol. The first kappa shape index (κ1) is 15.5. The average Bonchev–Trinajstić information content (AvgIpc) is 3.17. The summed E-state index contributed by atoms with van der Waals surface area (Å²) in [6.07, 6.45) is 3.45. The first-order chi connectivity index (χ1) is 11.0. The molecule has 1 fully saturated rings. The Morgan fingerprint density at radius 2 is 2.04 bits per heavy atom. The molecular formula is C15H15ClN4O3. The number of aromatic nitrogens is 2. The highest BCUT2D eigenvalue weighted by Crippen LogP contribution is 2.47. The van der Waals surface area contributed by atoms with Crippen LogP contribution in [0, 0.1) is 10.1 Å². The normalized spacial score (nSPS) is 15.2. The van der Waals surface area contributed by atoms with Gasteiger partial charge in [0.05, 0.1) is 17.4 Å². The molecule has 0 atom stereocenters. The van der Waals surface area contributed by atoms with Crippen molar-refractivity contribution in [2.45, 2.75) is 24.8 Å². The molecule has 2 aromatic rings. The summed E-state index contributed by atoms with van der Waals surface area (Å²) >= 11 is 5.90. The van der Waals surface area contributed by atoms with Gasteiger partial charge in [-0.1, -0.05) is 23.7 Å². The highest BCUT2D eigenvalue weighted by molar-refractivity contribution is 6.30. The molecule has 0 aliphatic heterocycles. The maximum Gasteiger partial charge on any atom is 0.389 e. The number of nitrogens with zero attached hydrogens (tertiary/aromatic N) is 3. The Morgan fingerprint density at radius 3 is 2.61 bits per heavy atom. The van der Waals surface area contributed by atoms with Gasteiger partial charge in [-0.05, 0) is 35.5 Å². The Bertz CT molecular complexity index is 737. The van der Waals surface area contributed by atoms with Crippen molar-refractivity contribution in [3.63, 3.8) is 0 Å². The zero-order chi connectivity index (χ0) is 16.4. The Kier molecular flexibility index (Phi) is 4.04. The first-order valence-electron chi connectivity index (χ1n) is 7.19. The number of amides is 1. The molecule has 1 aliphatic rings. The predicted molar refractivity (Wildman–Crippen MR) is 84.3 cm³/mol. The number of halogens is 1. The van der Waals surface area contributed by atoms with Crippen molar-refractivity contribution < 1.29 is 9.72 Å². The van der Waals surface area contributed by atoms with Crippen molar-refractivity contribution in [2.75, 3.05) is 6.54 Å². The monoisotopic (exact) mass is 334 g/mol. The molecule has 1 aliphatic carbocycles. The summed E-state index contributed by atoms with van der Waals surface area (Å²) in [6, 6.07) is 8.93. The van der Waals surface area contributed by atoms with Gasteiger partial charge < -0.3 is 15.4 Å². The minimum absolute atomic E-state index is 0.0175. The third kappa shape index (κ3) is 3.50.